The molecule has 0 unspecified atom stereocenters. The molecule has 0 saturated carbocycles. The maximum absolute atomic E-state index is 12.0. The Kier molecular flexibility index (Phi) is 5.40. The molecule has 0 saturated heterocycles. The quantitative estimate of drug-likeness (QED) is 0.609. The van der Waals surface area contributed by atoms with Gasteiger partial charge in [0.1, 0.15) is 6.04 Å². The van der Waals surface area contributed by atoms with E-state index in [1.54, 1.807) is 0 Å². The smallest absolute Gasteiger partial charge is 0.322 e. The van der Waals surface area contributed by atoms with E-state index in [-0.39, 0.29) is 11.3 Å². The lowest BCUT2D eigenvalue weighted by Gasteiger charge is -2.13. The number of hydrogen-bond donors (Lipinski definition) is 3. The summed E-state index contributed by atoms with van der Waals surface area (Å²) in [5.41, 5.74) is 5.50. The normalized spacial score (nSPS) is 12.3. The SMILES string of the molecule is N#CCc1ccc(S(=O)(=O)N[C@H](CC(N)=O)C(=O)O)cc1. The summed E-state index contributed by atoms with van der Waals surface area (Å²) in [6, 6.07) is 5.67. The summed E-state index contributed by atoms with van der Waals surface area (Å²) in [5.74, 6) is -2.44. The van der Waals surface area contributed by atoms with Crippen LogP contribution in [0, 0.1) is 11.3 Å². The van der Waals surface area contributed by atoms with E-state index in [0.717, 1.165) is 0 Å². The van der Waals surface area contributed by atoms with Gasteiger partial charge in [0, 0.05) is 0 Å². The molecule has 0 heterocycles. The van der Waals surface area contributed by atoms with Crippen molar-refractivity contribution in [2.75, 3.05) is 0 Å². The molecule has 1 atom stereocenters. The van der Waals surface area contributed by atoms with Crippen molar-refractivity contribution in [3.63, 3.8) is 0 Å². The minimum atomic E-state index is -4.10. The first-order chi connectivity index (χ1) is 9.76. The molecule has 0 radical (unpaired) electrons. The summed E-state index contributed by atoms with van der Waals surface area (Å²) in [5, 5.41) is 17.4. The number of carboxylic acid groups (broad SMARTS) is 1. The van der Waals surface area contributed by atoms with Gasteiger partial charge in [-0.3, -0.25) is 9.59 Å². The van der Waals surface area contributed by atoms with Crippen molar-refractivity contribution in [3.8, 4) is 6.07 Å². The van der Waals surface area contributed by atoms with Gasteiger partial charge in [0.15, 0.2) is 0 Å². The third-order valence-electron chi connectivity index (χ3n) is 2.52. The number of nitrogens with two attached hydrogens (primary N) is 1. The van der Waals surface area contributed by atoms with E-state index in [1.807, 2.05) is 10.8 Å². The standard InChI is InChI=1S/C12H13N3O5S/c13-6-5-8-1-3-9(4-2-8)21(19,20)15-10(12(17)18)7-11(14)16/h1-4,10,15H,5,7H2,(H2,14,16)(H,17,18)/t10-/m1/s1. The first kappa shape index (κ1) is 16.6. The molecule has 1 aromatic carbocycles. The van der Waals surface area contributed by atoms with Gasteiger partial charge < -0.3 is 10.8 Å². The van der Waals surface area contributed by atoms with Crippen LogP contribution >= 0.6 is 0 Å². The van der Waals surface area contributed by atoms with Crippen LogP contribution in [0.5, 0.6) is 0 Å². The number of benzene rings is 1. The van der Waals surface area contributed by atoms with E-state index < -0.39 is 34.4 Å². The second-order valence-corrected chi connectivity index (χ2v) is 5.88. The van der Waals surface area contributed by atoms with Gasteiger partial charge >= 0.3 is 5.97 Å². The van der Waals surface area contributed by atoms with E-state index in [2.05, 4.69) is 0 Å². The predicted octanol–water partition coefficient (Wildman–Crippen LogP) is -0.640. The number of aliphatic carboxylic acids is 1. The van der Waals surface area contributed by atoms with Gasteiger partial charge in [0.05, 0.1) is 23.8 Å². The zero-order chi connectivity index (χ0) is 16.0. The van der Waals surface area contributed by atoms with Crippen LogP contribution in [0.25, 0.3) is 0 Å². The molecular formula is C12H13N3O5S. The van der Waals surface area contributed by atoms with Gasteiger partial charge in [-0.25, -0.2) is 8.42 Å². The summed E-state index contributed by atoms with van der Waals surface area (Å²) in [4.78, 5) is 21.5. The fraction of sp³-hybridized carbons (Fsp3) is 0.250. The molecule has 4 N–H and O–H groups in total. The highest BCUT2D eigenvalue weighted by atomic mass is 32.2. The van der Waals surface area contributed by atoms with Crippen LogP contribution in [0.1, 0.15) is 12.0 Å². The molecule has 9 heteroatoms. The van der Waals surface area contributed by atoms with Crippen molar-refractivity contribution in [1.29, 1.82) is 5.26 Å². The summed E-state index contributed by atoms with van der Waals surface area (Å²) in [6.07, 6.45) is -0.520. The lowest BCUT2D eigenvalue weighted by atomic mass is 10.2. The van der Waals surface area contributed by atoms with Gasteiger partial charge in [0.2, 0.25) is 15.9 Å². The molecule has 0 bridgehead atoms. The highest BCUT2D eigenvalue weighted by Gasteiger charge is 2.26. The van der Waals surface area contributed by atoms with Gasteiger partial charge in [-0.1, -0.05) is 12.1 Å². The Bertz CT molecular complexity index is 676. The number of amides is 1. The molecule has 1 rings (SSSR count). The fourth-order valence-corrected chi connectivity index (χ4v) is 2.70. The largest absolute Gasteiger partial charge is 0.480 e. The molecular weight excluding hydrogens is 298 g/mol. The Balaban J connectivity index is 2.96. The van der Waals surface area contributed by atoms with E-state index in [9.17, 15) is 18.0 Å². The molecule has 0 aliphatic rings. The predicted molar refractivity (Wildman–Crippen MR) is 71.3 cm³/mol. The van der Waals surface area contributed by atoms with Crippen molar-refractivity contribution < 1.29 is 23.1 Å². The molecule has 0 aliphatic carbocycles. The number of hydrogen-bond acceptors (Lipinski definition) is 5. The van der Waals surface area contributed by atoms with Crippen molar-refractivity contribution in [2.24, 2.45) is 5.73 Å². The molecule has 8 nitrogen and oxygen atoms in total. The number of rotatable bonds is 7. The minimum absolute atomic E-state index is 0.132. The number of nitrogens with zero attached hydrogens (tertiary/aromatic N) is 1. The number of primary amides is 1. The fourth-order valence-electron chi connectivity index (χ4n) is 1.51. The number of carbonyl (C=O) groups excluding carboxylic acids is 1. The van der Waals surface area contributed by atoms with E-state index in [1.165, 1.54) is 24.3 Å². The van der Waals surface area contributed by atoms with Crippen molar-refractivity contribution in [2.45, 2.75) is 23.8 Å². The number of carboxylic acids is 1. The Morgan fingerprint density at radius 3 is 2.33 bits per heavy atom. The van der Waals surface area contributed by atoms with E-state index >= 15 is 0 Å². The maximum Gasteiger partial charge on any atom is 0.322 e. The Morgan fingerprint density at radius 1 is 1.33 bits per heavy atom. The lowest BCUT2D eigenvalue weighted by Crippen LogP contribution is -2.43. The van der Waals surface area contributed by atoms with Gasteiger partial charge in [0.25, 0.3) is 0 Å². The van der Waals surface area contributed by atoms with Gasteiger partial charge in [-0.2, -0.15) is 9.98 Å². The van der Waals surface area contributed by atoms with Crippen LogP contribution < -0.4 is 10.5 Å². The van der Waals surface area contributed by atoms with Crippen LogP contribution in [0.2, 0.25) is 0 Å². The Morgan fingerprint density at radius 2 is 1.90 bits per heavy atom. The third-order valence-corrected chi connectivity index (χ3v) is 4.01. The maximum atomic E-state index is 12.0. The number of sulfonamides is 1. The minimum Gasteiger partial charge on any atom is -0.480 e. The molecule has 0 fully saturated rings. The lowest BCUT2D eigenvalue weighted by molar-refractivity contribution is -0.140. The molecule has 0 aromatic heterocycles. The van der Waals surface area contributed by atoms with Crippen molar-refractivity contribution >= 4 is 21.9 Å². The van der Waals surface area contributed by atoms with E-state index in [4.69, 9.17) is 16.1 Å². The van der Waals surface area contributed by atoms with Crippen LogP contribution in [0.4, 0.5) is 0 Å². The summed E-state index contributed by atoms with van der Waals surface area (Å²) >= 11 is 0. The molecule has 112 valence electrons. The second kappa shape index (κ2) is 6.83. The van der Waals surface area contributed by atoms with Gasteiger partial charge in [-0.05, 0) is 17.7 Å². The summed E-state index contributed by atoms with van der Waals surface area (Å²) < 4.78 is 25.9. The molecule has 0 spiro atoms. The number of carbonyl (C=O) groups is 2. The topological polar surface area (TPSA) is 150 Å². The molecule has 1 amide bonds. The Hall–Kier alpha value is -2.44. The van der Waals surface area contributed by atoms with Crippen molar-refractivity contribution in [3.05, 3.63) is 29.8 Å². The first-order valence-electron chi connectivity index (χ1n) is 5.75. The van der Waals surface area contributed by atoms with Crippen LogP contribution in [-0.2, 0) is 26.0 Å². The average Bonchev–Trinajstić information content (AvgIpc) is 2.38. The van der Waals surface area contributed by atoms with Gasteiger partial charge in [-0.15, -0.1) is 0 Å². The number of nitrogens with one attached hydrogen (secondary N) is 1. The molecule has 1 aromatic rings. The average molecular weight is 311 g/mol. The van der Waals surface area contributed by atoms with Crippen LogP contribution in [0.15, 0.2) is 29.2 Å². The van der Waals surface area contributed by atoms with E-state index in [0.29, 0.717) is 5.56 Å². The third kappa shape index (κ3) is 4.87. The Labute approximate surface area is 121 Å². The summed E-state index contributed by atoms with van der Waals surface area (Å²) in [6.45, 7) is 0. The zero-order valence-corrected chi connectivity index (χ0v) is 11.6. The molecule has 0 aliphatic heterocycles. The highest BCUT2D eigenvalue weighted by molar-refractivity contribution is 7.89. The second-order valence-electron chi connectivity index (χ2n) is 4.16. The van der Waals surface area contributed by atoms with Crippen LogP contribution in [-0.4, -0.2) is 31.4 Å². The summed E-state index contributed by atoms with van der Waals surface area (Å²) in [7, 11) is -4.10. The molecule has 21 heavy (non-hydrogen) atoms. The van der Waals surface area contributed by atoms with Crippen molar-refractivity contribution in [1.82, 2.24) is 4.72 Å². The highest BCUT2D eigenvalue weighted by Crippen LogP contribution is 2.12. The zero-order valence-electron chi connectivity index (χ0n) is 10.8. The van der Waals surface area contributed by atoms with Crippen LogP contribution in [0.3, 0.4) is 0 Å². The number of nitriles is 1. The first-order valence-corrected chi connectivity index (χ1v) is 7.24. The monoisotopic (exact) mass is 311 g/mol.